The standard InChI is InChI=1S/C37H38N6O4/c1-40-11-13-42(14-12-40)21-27-16-23-5-3-4-6-26(23)20-43(27)37(45)29-19-34-33(46-22-47-34)18-28(29)32-17-30(36(38)44)35(41(32)2)25-7-8-31-24(15-25)9-10-39-31/h3-10,15,17-19,27,39H,11-14,16,20-22H2,1-2H3,(H2,38,44)/t27-/m0/s1. The molecule has 1 saturated heterocycles. The molecule has 3 aliphatic heterocycles. The molecule has 1 fully saturated rings. The molecule has 47 heavy (non-hydrogen) atoms. The number of rotatable bonds is 6. The minimum Gasteiger partial charge on any atom is -0.454 e. The lowest BCUT2D eigenvalue weighted by Gasteiger charge is -2.41. The molecule has 0 radical (unpaired) electrons. The highest BCUT2D eigenvalue weighted by Crippen LogP contribution is 2.42. The fourth-order valence-electron chi connectivity index (χ4n) is 7.40. The van der Waals surface area contributed by atoms with Crippen LogP contribution in [0.25, 0.3) is 33.4 Å². The molecular formula is C37H38N6O4. The lowest BCUT2D eigenvalue weighted by atomic mass is 9.92. The topological polar surface area (TPSA) is 109 Å². The number of nitrogens with one attached hydrogen (secondary N) is 1. The number of fused-ring (bicyclic) bond motifs is 3. The van der Waals surface area contributed by atoms with Crippen molar-refractivity contribution in [1.29, 1.82) is 0 Å². The molecule has 5 aromatic rings. The highest BCUT2D eigenvalue weighted by molar-refractivity contribution is 6.05. The van der Waals surface area contributed by atoms with Crippen molar-refractivity contribution in [2.45, 2.75) is 19.0 Å². The number of ether oxygens (including phenoxy) is 2. The molecule has 240 valence electrons. The maximum atomic E-state index is 14.9. The summed E-state index contributed by atoms with van der Waals surface area (Å²) in [5, 5.41) is 1.02. The van der Waals surface area contributed by atoms with Crippen LogP contribution in [-0.4, -0.2) is 88.7 Å². The number of H-pyrrole nitrogens is 1. The van der Waals surface area contributed by atoms with Gasteiger partial charge in [0.2, 0.25) is 6.79 Å². The zero-order chi connectivity index (χ0) is 32.2. The number of piperazine rings is 1. The number of carbonyl (C=O) groups excluding carboxylic acids is 2. The fourth-order valence-corrected chi connectivity index (χ4v) is 7.40. The zero-order valence-electron chi connectivity index (χ0n) is 26.7. The molecule has 3 aliphatic rings. The van der Waals surface area contributed by atoms with Crippen molar-refractivity contribution in [2.75, 3.05) is 46.6 Å². The van der Waals surface area contributed by atoms with Crippen molar-refractivity contribution in [3.63, 3.8) is 0 Å². The maximum absolute atomic E-state index is 14.9. The Hall–Kier alpha value is -5.06. The Morgan fingerprint density at radius 3 is 2.45 bits per heavy atom. The van der Waals surface area contributed by atoms with Crippen LogP contribution in [-0.2, 0) is 20.0 Å². The van der Waals surface area contributed by atoms with Crippen molar-refractivity contribution in [3.05, 3.63) is 95.2 Å². The van der Waals surface area contributed by atoms with Crippen molar-refractivity contribution in [3.8, 4) is 34.0 Å². The van der Waals surface area contributed by atoms with E-state index >= 15 is 0 Å². The molecule has 8 rings (SSSR count). The van der Waals surface area contributed by atoms with Gasteiger partial charge < -0.3 is 34.6 Å². The third-order valence-electron chi connectivity index (χ3n) is 10.0. The highest BCUT2D eigenvalue weighted by Gasteiger charge is 2.35. The highest BCUT2D eigenvalue weighted by atomic mass is 16.7. The number of primary amides is 1. The Labute approximate surface area is 273 Å². The smallest absolute Gasteiger partial charge is 0.255 e. The van der Waals surface area contributed by atoms with Gasteiger partial charge in [0.25, 0.3) is 11.8 Å². The second-order valence-electron chi connectivity index (χ2n) is 12.9. The number of likely N-dealkylation sites (N-methyl/N-ethyl adjacent to an activating group) is 1. The van der Waals surface area contributed by atoms with Crippen LogP contribution in [0.2, 0.25) is 0 Å². The van der Waals surface area contributed by atoms with Crippen LogP contribution in [0.3, 0.4) is 0 Å². The summed E-state index contributed by atoms with van der Waals surface area (Å²) in [5.41, 5.74) is 13.2. The van der Waals surface area contributed by atoms with Crippen molar-refractivity contribution in [2.24, 2.45) is 12.8 Å². The lowest BCUT2D eigenvalue weighted by molar-refractivity contribution is 0.0536. The Balaban J connectivity index is 1.23. The van der Waals surface area contributed by atoms with Gasteiger partial charge in [-0.05, 0) is 66.6 Å². The second-order valence-corrected chi connectivity index (χ2v) is 12.9. The number of hydrogen-bond acceptors (Lipinski definition) is 6. The minimum absolute atomic E-state index is 0.00249. The van der Waals surface area contributed by atoms with Gasteiger partial charge >= 0.3 is 0 Å². The summed E-state index contributed by atoms with van der Waals surface area (Å²) in [4.78, 5) is 37.9. The van der Waals surface area contributed by atoms with E-state index < -0.39 is 5.91 Å². The van der Waals surface area contributed by atoms with E-state index in [0.29, 0.717) is 46.1 Å². The van der Waals surface area contributed by atoms with Crippen molar-refractivity contribution < 1.29 is 19.1 Å². The van der Waals surface area contributed by atoms with Gasteiger partial charge in [-0.3, -0.25) is 14.5 Å². The van der Waals surface area contributed by atoms with E-state index in [1.54, 1.807) is 12.1 Å². The molecule has 5 heterocycles. The van der Waals surface area contributed by atoms with Gasteiger partial charge in [-0.1, -0.05) is 30.3 Å². The molecule has 0 saturated carbocycles. The number of nitrogens with two attached hydrogens (primary N) is 1. The van der Waals surface area contributed by atoms with E-state index in [2.05, 4.69) is 40.0 Å². The predicted molar refractivity (Wildman–Crippen MR) is 181 cm³/mol. The van der Waals surface area contributed by atoms with Gasteiger partial charge in [-0.15, -0.1) is 0 Å². The first-order valence-electron chi connectivity index (χ1n) is 16.1. The molecule has 0 unspecified atom stereocenters. The Kier molecular flexibility index (Phi) is 7.26. The van der Waals surface area contributed by atoms with E-state index in [1.165, 1.54) is 5.56 Å². The second kappa shape index (κ2) is 11.6. The normalized spacial score (nSPS) is 18.1. The first kappa shape index (κ1) is 29.3. The molecule has 10 nitrogen and oxygen atoms in total. The quantitative estimate of drug-likeness (QED) is 0.287. The van der Waals surface area contributed by atoms with Crippen LogP contribution in [0.4, 0.5) is 0 Å². The molecule has 2 aromatic heterocycles. The van der Waals surface area contributed by atoms with Gasteiger partial charge in [0.1, 0.15) is 0 Å². The van der Waals surface area contributed by atoms with Crippen LogP contribution in [0.5, 0.6) is 11.5 Å². The molecule has 3 aromatic carbocycles. The fraction of sp³-hybridized carbons (Fsp3) is 0.297. The average molecular weight is 631 g/mol. The van der Waals surface area contributed by atoms with Gasteiger partial charge in [0.15, 0.2) is 11.5 Å². The van der Waals surface area contributed by atoms with Gasteiger partial charge in [0, 0.05) is 80.7 Å². The van der Waals surface area contributed by atoms with Crippen LogP contribution >= 0.6 is 0 Å². The average Bonchev–Trinajstić information content (AvgIpc) is 3.82. The van der Waals surface area contributed by atoms with Gasteiger partial charge in [-0.2, -0.15) is 0 Å². The first-order valence-corrected chi connectivity index (χ1v) is 16.1. The SMILES string of the molecule is CN1CCN(C[C@@H]2Cc3ccccc3CN2C(=O)c2cc3c(cc2-c2cc(C(N)=O)c(-c4ccc5[nH]ccc5c4)n2C)OCO3)CC1. The van der Waals surface area contributed by atoms with Gasteiger partial charge in [0.05, 0.1) is 16.8 Å². The van der Waals surface area contributed by atoms with E-state index in [0.717, 1.165) is 61.2 Å². The third-order valence-corrected chi connectivity index (χ3v) is 10.0. The van der Waals surface area contributed by atoms with E-state index in [9.17, 15) is 9.59 Å². The number of hydrogen-bond donors (Lipinski definition) is 2. The number of benzene rings is 3. The van der Waals surface area contributed by atoms with E-state index in [4.69, 9.17) is 15.2 Å². The van der Waals surface area contributed by atoms with Crippen LogP contribution in [0, 0.1) is 0 Å². The maximum Gasteiger partial charge on any atom is 0.255 e. The predicted octanol–water partition coefficient (Wildman–Crippen LogP) is 4.48. The molecule has 1 atom stereocenters. The molecule has 10 heteroatoms. The summed E-state index contributed by atoms with van der Waals surface area (Å²) in [6, 6.07) is 21.9. The number of carbonyl (C=O) groups is 2. The third kappa shape index (κ3) is 5.23. The number of aromatic amines is 1. The summed E-state index contributed by atoms with van der Waals surface area (Å²) in [7, 11) is 4.06. The van der Waals surface area contributed by atoms with Crippen LogP contribution in [0.1, 0.15) is 31.8 Å². The van der Waals surface area contributed by atoms with Crippen LogP contribution in [0.15, 0.2) is 72.9 Å². The first-order chi connectivity index (χ1) is 22.8. The Morgan fingerprint density at radius 1 is 0.894 bits per heavy atom. The minimum atomic E-state index is -0.537. The number of aromatic nitrogens is 2. The zero-order valence-corrected chi connectivity index (χ0v) is 26.7. The summed E-state index contributed by atoms with van der Waals surface area (Å²) in [6.07, 6.45) is 2.68. The van der Waals surface area contributed by atoms with Gasteiger partial charge in [-0.25, -0.2) is 0 Å². The Morgan fingerprint density at radius 2 is 1.66 bits per heavy atom. The Bertz CT molecular complexity index is 2020. The van der Waals surface area contributed by atoms with E-state index in [1.807, 2.05) is 59.1 Å². The molecule has 2 amide bonds. The van der Waals surface area contributed by atoms with Crippen molar-refractivity contribution >= 4 is 22.7 Å². The molecule has 3 N–H and O–H groups in total. The molecule has 0 bridgehead atoms. The number of amides is 2. The molecule has 0 aliphatic carbocycles. The number of nitrogens with zero attached hydrogens (tertiary/aromatic N) is 4. The lowest BCUT2D eigenvalue weighted by Crippen LogP contribution is -2.53. The molecule has 0 spiro atoms. The molecular weight excluding hydrogens is 592 g/mol. The summed E-state index contributed by atoms with van der Waals surface area (Å²) in [6.45, 7) is 5.37. The van der Waals surface area contributed by atoms with E-state index in [-0.39, 0.29) is 18.7 Å². The summed E-state index contributed by atoms with van der Waals surface area (Å²) < 4.78 is 13.6. The largest absolute Gasteiger partial charge is 0.454 e. The van der Waals surface area contributed by atoms with Crippen molar-refractivity contribution in [1.82, 2.24) is 24.3 Å². The summed E-state index contributed by atoms with van der Waals surface area (Å²) in [5.74, 6) is 0.479. The van der Waals surface area contributed by atoms with Crippen LogP contribution < -0.4 is 15.2 Å². The summed E-state index contributed by atoms with van der Waals surface area (Å²) >= 11 is 0. The monoisotopic (exact) mass is 630 g/mol.